The van der Waals surface area contributed by atoms with Crippen LogP contribution in [0.3, 0.4) is 0 Å². The maximum atomic E-state index is 13.2. The van der Waals surface area contributed by atoms with Gasteiger partial charge in [0.25, 0.3) is 0 Å². The van der Waals surface area contributed by atoms with Crippen LogP contribution in [0, 0.1) is 11.8 Å². The van der Waals surface area contributed by atoms with E-state index >= 15 is 0 Å². The number of ether oxygens (including phenoxy) is 2. The van der Waals surface area contributed by atoms with E-state index in [4.69, 9.17) is 9.47 Å². The molecule has 7 heteroatoms. The van der Waals surface area contributed by atoms with Crippen molar-refractivity contribution in [3.05, 3.63) is 76.8 Å². The molecule has 0 spiro atoms. The van der Waals surface area contributed by atoms with Crippen LogP contribution in [-0.4, -0.2) is 50.6 Å². The summed E-state index contributed by atoms with van der Waals surface area (Å²) in [4.78, 5) is 19.5. The highest BCUT2D eigenvalue weighted by Gasteiger charge is 2.47. The molecule has 1 aromatic carbocycles. The molecule has 1 fully saturated rings. The number of allylic oxidation sites excluding steroid dienone is 3. The predicted molar refractivity (Wildman–Crippen MR) is 145 cm³/mol. The minimum atomic E-state index is -1.69. The number of likely N-dealkylation sites (tertiary alicyclic amines) is 1. The third kappa shape index (κ3) is 5.41. The molecule has 7 nitrogen and oxygen atoms in total. The van der Waals surface area contributed by atoms with Crippen molar-refractivity contribution in [2.45, 2.75) is 77.9 Å². The lowest BCUT2D eigenvalue weighted by Crippen LogP contribution is -2.49. The van der Waals surface area contributed by atoms with E-state index in [2.05, 4.69) is 23.2 Å². The SMILES string of the molecule is CC1=C(c2ccc3c(c2)CCCO3)C(C(OC(C)(C)C)C(O)O)C2CCC(=O)N(Cc3ccccn3)C2=C1. The van der Waals surface area contributed by atoms with Crippen LogP contribution in [0.2, 0.25) is 0 Å². The Morgan fingerprint density at radius 2 is 2.00 bits per heavy atom. The number of aliphatic hydroxyl groups excluding tert-OH is 1. The minimum absolute atomic E-state index is 0.0527. The zero-order valence-corrected chi connectivity index (χ0v) is 22.7. The Labute approximate surface area is 224 Å². The lowest BCUT2D eigenvalue weighted by molar-refractivity contribution is -0.199. The average molecular weight is 519 g/mol. The molecule has 3 unspecified atom stereocenters. The van der Waals surface area contributed by atoms with Crippen molar-refractivity contribution in [3.63, 3.8) is 0 Å². The first-order chi connectivity index (χ1) is 18.1. The molecule has 1 amide bonds. The number of rotatable bonds is 6. The van der Waals surface area contributed by atoms with Gasteiger partial charge in [0.1, 0.15) is 11.9 Å². The van der Waals surface area contributed by atoms with Crippen LogP contribution < -0.4 is 4.74 Å². The van der Waals surface area contributed by atoms with Crippen LogP contribution in [0.4, 0.5) is 0 Å². The van der Waals surface area contributed by atoms with E-state index in [9.17, 15) is 15.0 Å². The molecule has 3 aliphatic rings. The summed E-state index contributed by atoms with van der Waals surface area (Å²) in [5.74, 6) is 0.473. The fraction of sp³-hybridized carbons (Fsp3) is 0.484. The summed E-state index contributed by atoms with van der Waals surface area (Å²) < 4.78 is 12.2. The molecule has 1 aliphatic carbocycles. The third-order valence-electron chi connectivity index (χ3n) is 7.62. The van der Waals surface area contributed by atoms with Crippen molar-refractivity contribution in [2.24, 2.45) is 11.8 Å². The number of pyridine rings is 1. The van der Waals surface area contributed by atoms with Gasteiger partial charge in [-0.3, -0.25) is 9.78 Å². The first-order valence-corrected chi connectivity index (χ1v) is 13.5. The maximum Gasteiger partial charge on any atom is 0.227 e. The zero-order chi connectivity index (χ0) is 27.0. The van der Waals surface area contributed by atoms with Crippen LogP contribution in [0.25, 0.3) is 5.57 Å². The second-order valence-electron chi connectivity index (χ2n) is 11.5. The van der Waals surface area contributed by atoms with Crippen molar-refractivity contribution in [1.82, 2.24) is 9.88 Å². The van der Waals surface area contributed by atoms with Crippen molar-refractivity contribution in [3.8, 4) is 5.75 Å². The number of aryl methyl sites for hydroxylation is 1. The van der Waals surface area contributed by atoms with E-state index in [-0.39, 0.29) is 17.7 Å². The van der Waals surface area contributed by atoms with Gasteiger partial charge in [-0.05, 0) is 99.6 Å². The van der Waals surface area contributed by atoms with E-state index in [0.717, 1.165) is 58.9 Å². The van der Waals surface area contributed by atoms with Crippen LogP contribution in [-0.2, 0) is 22.5 Å². The van der Waals surface area contributed by atoms with Crippen molar-refractivity contribution in [1.29, 1.82) is 0 Å². The number of amides is 1. The van der Waals surface area contributed by atoms with Gasteiger partial charge >= 0.3 is 0 Å². The first kappa shape index (κ1) is 26.6. The number of hydrogen-bond acceptors (Lipinski definition) is 6. The summed E-state index contributed by atoms with van der Waals surface area (Å²) in [6, 6.07) is 12.0. The van der Waals surface area contributed by atoms with Gasteiger partial charge in [0, 0.05) is 30.2 Å². The number of nitrogens with zero attached hydrogens (tertiary/aromatic N) is 2. The van der Waals surface area contributed by atoms with E-state index in [1.807, 2.05) is 56.9 Å². The predicted octanol–water partition coefficient (Wildman–Crippen LogP) is 4.63. The van der Waals surface area contributed by atoms with E-state index in [1.165, 1.54) is 0 Å². The van der Waals surface area contributed by atoms with Gasteiger partial charge in [-0.2, -0.15) is 0 Å². The van der Waals surface area contributed by atoms with Gasteiger partial charge in [0.15, 0.2) is 6.29 Å². The first-order valence-electron chi connectivity index (χ1n) is 13.5. The summed E-state index contributed by atoms with van der Waals surface area (Å²) in [5.41, 5.74) is 5.31. The van der Waals surface area contributed by atoms with Crippen molar-refractivity contribution in [2.75, 3.05) is 6.61 Å². The van der Waals surface area contributed by atoms with Gasteiger partial charge in [0.2, 0.25) is 5.91 Å². The highest BCUT2D eigenvalue weighted by Crippen LogP contribution is 2.49. The van der Waals surface area contributed by atoms with Crippen LogP contribution in [0.5, 0.6) is 5.75 Å². The fourth-order valence-electron chi connectivity index (χ4n) is 6.12. The topological polar surface area (TPSA) is 92.1 Å². The minimum Gasteiger partial charge on any atom is -0.493 e. The Balaban J connectivity index is 1.64. The quantitative estimate of drug-likeness (QED) is 0.542. The van der Waals surface area contributed by atoms with E-state index < -0.39 is 18.0 Å². The Kier molecular flexibility index (Phi) is 7.45. The molecule has 0 bridgehead atoms. The summed E-state index contributed by atoms with van der Waals surface area (Å²) in [6.07, 6.45) is 4.16. The van der Waals surface area contributed by atoms with Crippen LogP contribution >= 0.6 is 0 Å². The van der Waals surface area contributed by atoms with E-state index in [1.54, 1.807) is 6.20 Å². The molecular formula is C31H38N2O5. The summed E-state index contributed by atoms with van der Waals surface area (Å²) >= 11 is 0. The smallest absolute Gasteiger partial charge is 0.227 e. The molecule has 1 saturated heterocycles. The molecule has 3 heterocycles. The standard InChI is InChI=1S/C31H38N2O5/c1-19-16-24-23(11-13-26(34)33(24)18-22-9-5-6-14-32-22)28(29(30(35)36)38-31(2,3)4)27(19)21-10-12-25-20(17-21)8-7-15-37-25/h5-6,9-10,12,14,16-17,23,28-30,35-36H,7-8,11,13,15,18H2,1-4H3. The Morgan fingerprint density at radius 1 is 1.18 bits per heavy atom. The molecule has 2 N–H and O–H groups in total. The van der Waals surface area contributed by atoms with Gasteiger partial charge in [-0.15, -0.1) is 0 Å². The number of piperidine rings is 1. The Hall–Kier alpha value is -3.00. The lowest BCUT2D eigenvalue weighted by Gasteiger charge is -2.47. The number of fused-ring (bicyclic) bond motifs is 2. The molecule has 0 radical (unpaired) electrons. The maximum absolute atomic E-state index is 13.2. The molecule has 1 aromatic heterocycles. The van der Waals surface area contributed by atoms with Gasteiger partial charge in [0.05, 0.1) is 24.4 Å². The number of aliphatic hydroxyl groups is 2. The summed E-state index contributed by atoms with van der Waals surface area (Å²) in [6.45, 7) is 8.91. The van der Waals surface area contributed by atoms with Crippen molar-refractivity contribution >= 4 is 11.5 Å². The van der Waals surface area contributed by atoms with E-state index in [0.29, 0.717) is 19.4 Å². The lowest BCUT2D eigenvalue weighted by atomic mass is 9.68. The third-order valence-corrected chi connectivity index (χ3v) is 7.62. The molecule has 2 aromatic rings. The largest absolute Gasteiger partial charge is 0.493 e. The Bertz CT molecular complexity index is 1240. The fourth-order valence-corrected chi connectivity index (χ4v) is 6.12. The number of benzene rings is 1. The Morgan fingerprint density at radius 3 is 2.71 bits per heavy atom. The summed E-state index contributed by atoms with van der Waals surface area (Å²) in [5, 5.41) is 21.4. The molecular weight excluding hydrogens is 480 g/mol. The second-order valence-corrected chi connectivity index (χ2v) is 11.5. The number of carbonyl (C=O) groups is 1. The molecule has 0 saturated carbocycles. The van der Waals surface area contributed by atoms with Gasteiger partial charge in [-0.1, -0.05) is 12.1 Å². The highest BCUT2D eigenvalue weighted by molar-refractivity contribution is 5.82. The molecule has 202 valence electrons. The monoisotopic (exact) mass is 518 g/mol. The molecule has 5 rings (SSSR count). The van der Waals surface area contributed by atoms with Gasteiger partial charge in [-0.25, -0.2) is 0 Å². The normalized spacial score (nSPS) is 22.6. The number of aromatic nitrogens is 1. The van der Waals surface area contributed by atoms with Gasteiger partial charge < -0.3 is 24.6 Å². The van der Waals surface area contributed by atoms with Crippen LogP contribution in [0.1, 0.15) is 63.8 Å². The van der Waals surface area contributed by atoms with Crippen LogP contribution in [0.15, 0.2) is 59.9 Å². The summed E-state index contributed by atoms with van der Waals surface area (Å²) in [7, 11) is 0. The second kappa shape index (κ2) is 10.6. The number of hydrogen-bond donors (Lipinski definition) is 2. The zero-order valence-electron chi connectivity index (χ0n) is 22.7. The average Bonchev–Trinajstić information content (AvgIpc) is 2.88. The van der Waals surface area contributed by atoms with Crippen molar-refractivity contribution < 1.29 is 24.5 Å². The molecule has 3 atom stereocenters. The molecule has 38 heavy (non-hydrogen) atoms. The number of carbonyl (C=O) groups excluding carboxylic acids is 1. The highest BCUT2D eigenvalue weighted by atomic mass is 16.6. The molecule has 2 aliphatic heterocycles.